The molecule has 0 spiro atoms. The van der Waals surface area contributed by atoms with E-state index in [1.165, 1.54) is 0 Å². The normalized spacial score (nSPS) is 21.9. The van der Waals surface area contributed by atoms with Gasteiger partial charge in [0, 0.05) is 12.8 Å². The Kier molecular flexibility index (Phi) is 3.72. The van der Waals surface area contributed by atoms with E-state index in [0.717, 1.165) is 24.8 Å². The number of rotatable bonds is 2. The molecule has 1 unspecified atom stereocenters. The maximum absolute atomic E-state index is 11.1. The standard InChI is InChI=1S/C12H16O/c1-3-10(2)7-8-11-5-4-6-12(13)9-11/h3,8,11H,1,4-6,9H2,2H3. The van der Waals surface area contributed by atoms with Gasteiger partial charge in [0.15, 0.2) is 0 Å². The molecule has 0 aromatic rings. The second kappa shape index (κ2) is 4.84. The van der Waals surface area contributed by atoms with Crippen molar-refractivity contribution in [1.82, 2.24) is 0 Å². The molecule has 0 radical (unpaired) electrons. The first-order valence-corrected chi connectivity index (χ1v) is 4.80. The van der Waals surface area contributed by atoms with E-state index in [4.69, 9.17) is 0 Å². The first-order chi connectivity index (χ1) is 6.22. The van der Waals surface area contributed by atoms with Crippen LogP contribution in [0.4, 0.5) is 0 Å². The highest BCUT2D eigenvalue weighted by Gasteiger charge is 2.16. The Morgan fingerprint density at radius 1 is 1.69 bits per heavy atom. The van der Waals surface area contributed by atoms with E-state index in [-0.39, 0.29) is 0 Å². The average Bonchev–Trinajstić information content (AvgIpc) is 2.14. The molecule has 1 nitrogen and oxygen atoms in total. The summed E-state index contributed by atoms with van der Waals surface area (Å²) in [5, 5.41) is 0. The van der Waals surface area contributed by atoms with E-state index < -0.39 is 0 Å². The maximum atomic E-state index is 11.1. The molecule has 0 saturated heterocycles. The first kappa shape index (κ1) is 10.0. The molecule has 0 aromatic heterocycles. The van der Waals surface area contributed by atoms with Gasteiger partial charge in [0.25, 0.3) is 0 Å². The Bertz CT molecular complexity index is 267. The molecule has 13 heavy (non-hydrogen) atoms. The molecule has 1 rings (SSSR count). The van der Waals surface area contributed by atoms with Crippen LogP contribution in [0.5, 0.6) is 0 Å². The number of ketones is 1. The fraction of sp³-hybridized carbons (Fsp3) is 0.500. The first-order valence-electron chi connectivity index (χ1n) is 4.80. The summed E-state index contributed by atoms with van der Waals surface area (Å²) in [7, 11) is 0. The van der Waals surface area contributed by atoms with Crippen LogP contribution in [0.3, 0.4) is 0 Å². The third-order valence-corrected chi connectivity index (χ3v) is 2.37. The maximum Gasteiger partial charge on any atom is 0.133 e. The quantitative estimate of drug-likeness (QED) is 0.467. The molecule has 1 aliphatic carbocycles. The summed E-state index contributed by atoms with van der Waals surface area (Å²) < 4.78 is 0. The lowest BCUT2D eigenvalue weighted by Crippen LogP contribution is -2.12. The summed E-state index contributed by atoms with van der Waals surface area (Å²) in [4.78, 5) is 11.1. The third-order valence-electron chi connectivity index (χ3n) is 2.37. The Balaban J connectivity index is 2.58. The third kappa shape index (κ3) is 3.43. The summed E-state index contributed by atoms with van der Waals surface area (Å²) in [6.07, 6.45) is 7.44. The second-order valence-electron chi connectivity index (χ2n) is 3.59. The zero-order valence-electron chi connectivity index (χ0n) is 8.18. The van der Waals surface area contributed by atoms with Crippen LogP contribution >= 0.6 is 0 Å². The minimum atomic E-state index is 0.394. The van der Waals surface area contributed by atoms with E-state index in [1.54, 1.807) is 6.08 Å². The van der Waals surface area contributed by atoms with Gasteiger partial charge in [-0.1, -0.05) is 12.7 Å². The van der Waals surface area contributed by atoms with Gasteiger partial charge in [-0.25, -0.2) is 0 Å². The van der Waals surface area contributed by atoms with Gasteiger partial charge in [-0.05, 0) is 37.3 Å². The van der Waals surface area contributed by atoms with Crippen LogP contribution in [-0.4, -0.2) is 5.78 Å². The van der Waals surface area contributed by atoms with Crippen LogP contribution in [0.15, 0.2) is 30.0 Å². The lowest BCUT2D eigenvalue weighted by Gasteiger charge is -2.15. The van der Waals surface area contributed by atoms with Crippen molar-refractivity contribution >= 4 is 5.78 Å². The molecule has 0 bridgehead atoms. The number of allylic oxidation sites excluding steroid dienone is 2. The van der Waals surface area contributed by atoms with Crippen LogP contribution in [0.1, 0.15) is 32.6 Å². The summed E-state index contributed by atoms with van der Waals surface area (Å²) in [6, 6.07) is 0. The highest BCUT2D eigenvalue weighted by molar-refractivity contribution is 5.79. The van der Waals surface area contributed by atoms with E-state index >= 15 is 0 Å². The van der Waals surface area contributed by atoms with E-state index in [2.05, 4.69) is 12.3 Å². The van der Waals surface area contributed by atoms with Crippen molar-refractivity contribution in [3.05, 3.63) is 30.0 Å². The molecular weight excluding hydrogens is 160 g/mol. The van der Waals surface area contributed by atoms with Gasteiger partial charge in [0.05, 0.1) is 0 Å². The van der Waals surface area contributed by atoms with Crippen LogP contribution < -0.4 is 0 Å². The number of hydrogen-bond acceptors (Lipinski definition) is 1. The smallest absolute Gasteiger partial charge is 0.133 e. The van der Waals surface area contributed by atoms with E-state index in [0.29, 0.717) is 18.1 Å². The van der Waals surface area contributed by atoms with Crippen molar-refractivity contribution < 1.29 is 4.79 Å². The van der Waals surface area contributed by atoms with Crippen LogP contribution in [0.25, 0.3) is 0 Å². The summed E-state index contributed by atoms with van der Waals surface area (Å²) >= 11 is 0. The summed E-state index contributed by atoms with van der Waals surface area (Å²) in [5.41, 5.74) is 4.18. The molecule has 70 valence electrons. The highest BCUT2D eigenvalue weighted by Crippen LogP contribution is 2.21. The average molecular weight is 176 g/mol. The Labute approximate surface area is 79.8 Å². The van der Waals surface area contributed by atoms with E-state index in [1.807, 2.05) is 13.0 Å². The summed E-state index contributed by atoms with van der Waals surface area (Å²) in [5.74, 6) is 0.807. The lowest BCUT2D eigenvalue weighted by molar-refractivity contribution is -0.121. The topological polar surface area (TPSA) is 17.1 Å². The molecule has 0 N–H and O–H groups in total. The molecule has 1 fully saturated rings. The lowest BCUT2D eigenvalue weighted by atomic mass is 9.88. The minimum absolute atomic E-state index is 0.394. The molecule has 1 heteroatoms. The molecular formula is C12H16O. The molecule has 0 amide bonds. The largest absolute Gasteiger partial charge is 0.300 e. The van der Waals surface area contributed by atoms with Crippen molar-refractivity contribution in [3.63, 3.8) is 0 Å². The molecule has 0 heterocycles. The number of carbonyl (C=O) groups is 1. The molecule has 1 saturated carbocycles. The Hall–Kier alpha value is -1.07. The van der Waals surface area contributed by atoms with Crippen molar-refractivity contribution in [1.29, 1.82) is 0 Å². The van der Waals surface area contributed by atoms with Gasteiger partial charge in [0.1, 0.15) is 5.78 Å². The number of hydrogen-bond donors (Lipinski definition) is 0. The van der Waals surface area contributed by atoms with Gasteiger partial charge in [-0.15, -0.1) is 5.73 Å². The van der Waals surface area contributed by atoms with Crippen molar-refractivity contribution in [3.8, 4) is 0 Å². The van der Waals surface area contributed by atoms with E-state index in [9.17, 15) is 4.79 Å². The Morgan fingerprint density at radius 2 is 2.46 bits per heavy atom. The molecule has 1 atom stereocenters. The predicted molar refractivity (Wildman–Crippen MR) is 54.4 cm³/mol. The zero-order valence-corrected chi connectivity index (χ0v) is 8.18. The van der Waals surface area contributed by atoms with Gasteiger partial charge in [-0.2, -0.15) is 0 Å². The zero-order chi connectivity index (χ0) is 9.68. The minimum Gasteiger partial charge on any atom is -0.300 e. The fourth-order valence-electron chi connectivity index (χ4n) is 1.51. The van der Waals surface area contributed by atoms with Gasteiger partial charge >= 0.3 is 0 Å². The number of carbonyl (C=O) groups excluding carboxylic acids is 1. The SMILES string of the molecule is C=CC(C)=C=CC1CCCC(=O)C1. The molecule has 1 aliphatic rings. The highest BCUT2D eigenvalue weighted by atomic mass is 16.1. The van der Waals surface area contributed by atoms with Crippen LogP contribution in [0, 0.1) is 5.92 Å². The van der Waals surface area contributed by atoms with Crippen molar-refractivity contribution in [2.45, 2.75) is 32.6 Å². The fourth-order valence-corrected chi connectivity index (χ4v) is 1.51. The van der Waals surface area contributed by atoms with Gasteiger partial charge in [-0.3, -0.25) is 4.79 Å². The monoisotopic (exact) mass is 176 g/mol. The van der Waals surface area contributed by atoms with Gasteiger partial charge in [0.2, 0.25) is 0 Å². The summed E-state index contributed by atoms with van der Waals surface area (Å²) in [6.45, 7) is 5.62. The molecule has 0 aliphatic heterocycles. The van der Waals surface area contributed by atoms with Crippen LogP contribution in [0.2, 0.25) is 0 Å². The Morgan fingerprint density at radius 3 is 3.08 bits per heavy atom. The predicted octanol–water partition coefficient (Wildman–Crippen LogP) is 3.03. The van der Waals surface area contributed by atoms with Crippen molar-refractivity contribution in [2.24, 2.45) is 5.92 Å². The van der Waals surface area contributed by atoms with Crippen molar-refractivity contribution in [2.75, 3.05) is 0 Å². The second-order valence-corrected chi connectivity index (χ2v) is 3.59. The van der Waals surface area contributed by atoms with Gasteiger partial charge < -0.3 is 0 Å². The number of Topliss-reactive ketones (excluding diaryl/α,β-unsaturated/α-hetero) is 1. The van der Waals surface area contributed by atoms with Crippen LogP contribution in [-0.2, 0) is 4.79 Å². The molecule has 0 aromatic carbocycles.